The van der Waals surface area contributed by atoms with Crippen molar-refractivity contribution in [2.24, 2.45) is 0 Å². The summed E-state index contributed by atoms with van der Waals surface area (Å²) in [4.78, 5) is 14.8. The highest BCUT2D eigenvalue weighted by Crippen LogP contribution is 2.37. The predicted octanol–water partition coefficient (Wildman–Crippen LogP) is 1.53. The van der Waals surface area contributed by atoms with Crippen molar-refractivity contribution < 1.29 is 13.9 Å². The Bertz CT molecular complexity index is 690. The molecule has 0 radical (unpaired) electrons. The molecule has 4 rings (SSSR count). The van der Waals surface area contributed by atoms with Gasteiger partial charge in [-0.15, -0.1) is 0 Å². The maximum absolute atomic E-state index is 14.4. The van der Waals surface area contributed by atoms with Crippen LogP contribution in [0.2, 0.25) is 0 Å². The number of hydrogen-bond acceptors (Lipinski definition) is 2. The first-order valence-corrected chi connectivity index (χ1v) is 6.02. The molecule has 5 heteroatoms. The van der Waals surface area contributed by atoms with E-state index in [0.717, 1.165) is 17.5 Å². The molecule has 2 aliphatic heterocycles. The molecule has 2 aliphatic rings. The second kappa shape index (κ2) is 3.25. The maximum atomic E-state index is 14.4. The molecule has 1 aromatic carbocycles. The van der Waals surface area contributed by atoms with Gasteiger partial charge in [-0.1, -0.05) is 0 Å². The minimum Gasteiger partial charge on any atom is -0.490 e. The van der Waals surface area contributed by atoms with Crippen molar-refractivity contribution in [3.63, 3.8) is 0 Å². The SMILES string of the molecule is O=C1NCCc2c1[nH]c1cc3c(c(F)c21)OCC3. The molecule has 0 bridgehead atoms. The Morgan fingerprint density at radius 2 is 2.22 bits per heavy atom. The summed E-state index contributed by atoms with van der Waals surface area (Å²) >= 11 is 0. The van der Waals surface area contributed by atoms with Crippen LogP contribution in [0.15, 0.2) is 6.07 Å². The number of rotatable bonds is 0. The van der Waals surface area contributed by atoms with E-state index in [1.165, 1.54) is 0 Å². The summed E-state index contributed by atoms with van der Waals surface area (Å²) in [5, 5.41) is 3.27. The fourth-order valence-corrected chi connectivity index (χ4v) is 2.85. The Kier molecular flexibility index (Phi) is 1.79. The van der Waals surface area contributed by atoms with Crippen LogP contribution < -0.4 is 10.1 Å². The molecule has 18 heavy (non-hydrogen) atoms. The first-order chi connectivity index (χ1) is 8.75. The Balaban J connectivity index is 2.10. The zero-order valence-electron chi connectivity index (χ0n) is 9.60. The summed E-state index contributed by atoms with van der Waals surface area (Å²) in [5.74, 6) is -0.129. The van der Waals surface area contributed by atoms with E-state index in [-0.39, 0.29) is 11.7 Å². The van der Waals surface area contributed by atoms with Crippen LogP contribution in [0.5, 0.6) is 5.75 Å². The van der Waals surface area contributed by atoms with Gasteiger partial charge in [0.1, 0.15) is 5.69 Å². The first-order valence-electron chi connectivity index (χ1n) is 6.02. The summed E-state index contributed by atoms with van der Waals surface area (Å²) < 4.78 is 19.8. The first kappa shape index (κ1) is 9.94. The lowest BCUT2D eigenvalue weighted by Crippen LogP contribution is -2.31. The van der Waals surface area contributed by atoms with Crippen LogP contribution in [-0.4, -0.2) is 24.0 Å². The highest BCUT2D eigenvalue weighted by atomic mass is 19.1. The largest absolute Gasteiger partial charge is 0.490 e. The lowest BCUT2D eigenvalue weighted by atomic mass is 10.0. The number of aromatic nitrogens is 1. The fraction of sp³-hybridized carbons (Fsp3) is 0.308. The number of aromatic amines is 1. The number of hydrogen-bond donors (Lipinski definition) is 2. The molecule has 1 aromatic heterocycles. The molecule has 2 aromatic rings. The average Bonchev–Trinajstić information content (AvgIpc) is 2.94. The van der Waals surface area contributed by atoms with E-state index in [9.17, 15) is 9.18 Å². The van der Waals surface area contributed by atoms with E-state index in [2.05, 4.69) is 10.3 Å². The molecule has 0 unspecified atom stereocenters. The smallest absolute Gasteiger partial charge is 0.268 e. The number of ether oxygens (including phenoxy) is 1. The predicted molar refractivity (Wildman–Crippen MR) is 63.5 cm³/mol. The number of benzene rings is 1. The number of halogens is 1. The molecular weight excluding hydrogens is 235 g/mol. The van der Waals surface area contributed by atoms with E-state index in [1.807, 2.05) is 6.07 Å². The van der Waals surface area contributed by atoms with Gasteiger partial charge in [-0.2, -0.15) is 0 Å². The van der Waals surface area contributed by atoms with E-state index in [4.69, 9.17) is 4.74 Å². The molecule has 1 amide bonds. The van der Waals surface area contributed by atoms with Gasteiger partial charge in [0, 0.05) is 29.4 Å². The van der Waals surface area contributed by atoms with Gasteiger partial charge in [-0.05, 0) is 18.1 Å². The molecule has 2 N–H and O–H groups in total. The maximum Gasteiger partial charge on any atom is 0.268 e. The zero-order chi connectivity index (χ0) is 12.3. The van der Waals surface area contributed by atoms with Gasteiger partial charge in [-0.25, -0.2) is 4.39 Å². The zero-order valence-corrected chi connectivity index (χ0v) is 9.60. The van der Waals surface area contributed by atoms with Crippen LogP contribution in [0.3, 0.4) is 0 Å². The molecule has 0 spiro atoms. The molecule has 0 fully saturated rings. The second-order valence-electron chi connectivity index (χ2n) is 4.68. The number of carbonyl (C=O) groups is 1. The quantitative estimate of drug-likeness (QED) is 0.740. The Morgan fingerprint density at radius 3 is 3.11 bits per heavy atom. The molecule has 0 saturated carbocycles. The number of fused-ring (bicyclic) bond motifs is 4. The lowest BCUT2D eigenvalue weighted by molar-refractivity contribution is 0.0942. The van der Waals surface area contributed by atoms with Gasteiger partial charge in [0.2, 0.25) is 0 Å². The fourth-order valence-electron chi connectivity index (χ4n) is 2.85. The van der Waals surface area contributed by atoms with E-state index in [1.54, 1.807) is 0 Å². The van der Waals surface area contributed by atoms with Crippen LogP contribution in [-0.2, 0) is 12.8 Å². The van der Waals surface area contributed by atoms with Gasteiger partial charge in [0.15, 0.2) is 11.6 Å². The van der Waals surface area contributed by atoms with Crippen molar-refractivity contribution in [3.8, 4) is 5.75 Å². The topological polar surface area (TPSA) is 54.1 Å². The average molecular weight is 246 g/mol. The second-order valence-corrected chi connectivity index (χ2v) is 4.68. The van der Waals surface area contributed by atoms with Crippen LogP contribution in [0, 0.1) is 5.82 Å². The Hall–Kier alpha value is -2.04. The third-order valence-electron chi connectivity index (χ3n) is 3.67. The minimum absolute atomic E-state index is 0.159. The molecule has 92 valence electrons. The molecule has 0 saturated heterocycles. The summed E-state index contributed by atoms with van der Waals surface area (Å²) in [6.07, 6.45) is 1.37. The number of carbonyl (C=O) groups excluding carboxylic acids is 1. The van der Waals surface area contributed by atoms with Crippen LogP contribution >= 0.6 is 0 Å². The summed E-state index contributed by atoms with van der Waals surface area (Å²) in [5.41, 5.74) is 2.82. The van der Waals surface area contributed by atoms with Crippen molar-refractivity contribution in [2.75, 3.05) is 13.2 Å². The summed E-state index contributed by atoms with van der Waals surface area (Å²) in [6.45, 7) is 1.08. The molecular formula is C13H11FN2O2. The van der Waals surface area contributed by atoms with E-state index >= 15 is 0 Å². The third kappa shape index (κ3) is 1.11. The normalized spacial score (nSPS) is 17.3. The van der Waals surface area contributed by atoms with Crippen molar-refractivity contribution in [2.45, 2.75) is 12.8 Å². The van der Waals surface area contributed by atoms with E-state index in [0.29, 0.717) is 41.9 Å². The van der Waals surface area contributed by atoms with Crippen molar-refractivity contribution in [1.82, 2.24) is 10.3 Å². The third-order valence-corrected chi connectivity index (χ3v) is 3.67. The lowest BCUT2D eigenvalue weighted by Gasteiger charge is -2.12. The highest BCUT2D eigenvalue weighted by molar-refractivity contribution is 6.02. The number of H-pyrrole nitrogens is 1. The number of amides is 1. The van der Waals surface area contributed by atoms with Crippen molar-refractivity contribution in [3.05, 3.63) is 28.7 Å². The van der Waals surface area contributed by atoms with Gasteiger partial charge in [0.05, 0.1) is 6.61 Å². The summed E-state index contributed by atoms with van der Waals surface area (Å²) in [7, 11) is 0. The van der Waals surface area contributed by atoms with Crippen LogP contribution in [0.25, 0.3) is 10.9 Å². The van der Waals surface area contributed by atoms with Gasteiger partial charge in [-0.3, -0.25) is 4.79 Å². The van der Waals surface area contributed by atoms with Gasteiger partial charge in [0.25, 0.3) is 5.91 Å². The van der Waals surface area contributed by atoms with Crippen molar-refractivity contribution >= 4 is 16.8 Å². The molecule has 4 nitrogen and oxygen atoms in total. The minimum atomic E-state index is -0.327. The van der Waals surface area contributed by atoms with Crippen LogP contribution in [0.4, 0.5) is 4.39 Å². The molecule has 0 atom stereocenters. The van der Waals surface area contributed by atoms with Crippen LogP contribution in [0.1, 0.15) is 21.6 Å². The monoisotopic (exact) mass is 246 g/mol. The summed E-state index contributed by atoms with van der Waals surface area (Å²) in [6, 6.07) is 1.90. The van der Waals surface area contributed by atoms with Crippen molar-refractivity contribution in [1.29, 1.82) is 0 Å². The van der Waals surface area contributed by atoms with E-state index < -0.39 is 0 Å². The highest BCUT2D eigenvalue weighted by Gasteiger charge is 2.27. The standard InChI is InChI=1S/C13H11FN2O2/c14-10-9-7-1-3-15-13(17)11(7)16-8(9)5-6-2-4-18-12(6)10/h5,16H,1-4H2,(H,15,17). The Morgan fingerprint density at radius 1 is 1.33 bits per heavy atom. The molecule has 0 aliphatic carbocycles. The number of nitrogens with one attached hydrogen (secondary N) is 2. The Labute approximate surface area is 102 Å². The van der Waals surface area contributed by atoms with Gasteiger partial charge >= 0.3 is 0 Å². The molecule has 3 heterocycles. The van der Waals surface area contributed by atoms with Gasteiger partial charge < -0.3 is 15.0 Å².